The molecule has 0 heterocycles. The van der Waals surface area contributed by atoms with Gasteiger partial charge in [0, 0.05) is 12.2 Å². The molecule has 0 aliphatic carbocycles. The van der Waals surface area contributed by atoms with Crippen molar-refractivity contribution < 1.29 is 34.5 Å². The maximum absolute atomic E-state index is 12.1. The van der Waals surface area contributed by atoms with E-state index in [1.165, 1.54) is 6.08 Å². The third-order valence-corrected chi connectivity index (χ3v) is 4.85. The first-order valence-electron chi connectivity index (χ1n) is 7.70. The van der Waals surface area contributed by atoms with E-state index in [4.69, 9.17) is 15.9 Å². The first-order chi connectivity index (χ1) is 12.0. The molecule has 0 aromatic carbocycles. The number of nitrogens with one attached hydrogen (secondary N) is 2. The van der Waals surface area contributed by atoms with E-state index in [1.54, 1.807) is 6.92 Å². The minimum atomic E-state index is -1.24. The highest BCUT2D eigenvalue weighted by atomic mass is 32.2. The number of carboxylic acids is 2. The summed E-state index contributed by atoms with van der Waals surface area (Å²) in [6.07, 6.45) is 1.18. The van der Waals surface area contributed by atoms with Crippen LogP contribution in [0.5, 0.6) is 0 Å². The van der Waals surface area contributed by atoms with Gasteiger partial charge in [0.15, 0.2) is 0 Å². The molecule has 0 saturated carbocycles. The van der Waals surface area contributed by atoms with E-state index in [1.807, 2.05) is 0 Å². The lowest BCUT2D eigenvalue weighted by atomic mass is 10.1. The highest BCUT2D eigenvalue weighted by Crippen LogP contribution is 2.26. The van der Waals surface area contributed by atoms with Gasteiger partial charge >= 0.3 is 11.9 Å². The molecule has 1 unspecified atom stereocenters. The quantitative estimate of drug-likeness (QED) is 0.204. The van der Waals surface area contributed by atoms with E-state index < -0.39 is 47.1 Å². The number of aliphatic carboxylic acids is 2. The highest BCUT2D eigenvalue weighted by Gasteiger charge is 2.27. The van der Waals surface area contributed by atoms with Crippen LogP contribution in [-0.4, -0.2) is 74.8 Å². The van der Waals surface area contributed by atoms with Crippen LogP contribution in [0.15, 0.2) is 12.7 Å². The lowest BCUT2D eigenvalue weighted by Crippen LogP contribution is -2.50. The van der Waals surface area contributed by atoms with Gasteiger partial charge in [-0.15, -0.1) is 18.3 Å². The fourth-order valence-electron chi connectivity index (χ4n) is 1.59. The van der Waals surface area contributed by atoms with Crippen LogP contribution in [0.3, 0.4) is 0 Å². The molecule has 0 radical (unpaired) electrons. The van der Waals surface area contributed by atoms with Crippen LogP contribution in [-0.2, 0) is 19.2 Å². The number of carboxylic acid groups (broad SMARTS) is 2. The first-order valence-corrected chi connectivity index (χ1v) is 8.69. The zero-order chi connectivity index (χ0) is 20.3. The maximum Gasteiger partial charge on any atom is 0.322 e. The van der Waals surface area contributed by atoms with Crippen molar-refractivity contribution in [3.8, 4) is 0 Å². The molecule has 0 rings (SSSR count). The molecule has 0 aromatic rings. The Labute approximate surface area is 155 Å². The SMILES string of the molecule is C=CC(C)(CO)SC[C@H](NC(=O)CC[C@H](N)C(=O)O)C(=O)NCC(=O)O. The Morgan fingerprint density at radius 3 is 2.38 bits per heavy atom. The smallest absolute Gasteiger partial charge is 0.322 e. The molecule has 0 aromatic heterocycles. The van der Waals surface area contributed by atoms with Gasteiger partial charge < -0.3 is 31.7 Å². The normalized spacial score (nSPS) is 15.2. The topological polar surface area (TPSA) is 179 Å². The molecule has 0 saturated heterocycles. The third-order valence-electron chi connectivity index (χ3n) is 3.39. The summed E-state index contributed by atoms with van der Waals surface area (Å²) in [6, 6.07) is -2.27. The maximum atomic E-state index is 12.1. The van der Waals surface area contributed by atoms with Gasteiger partial charge in [-0.1, -0.05) is 6.08 Å². The van der Waals surface area contributed by atoms with E-state index >= 15 is 0 Å². The van der Waals surface area contributed by atoms with Crippen LogP contribution in [0.25, 0.3) is 0 Å². The van der Waals surface area contributed by atoms with E-state index in [-0.39, 0.29) is 25.2 Å². The summed E-state index contributed by atoms with van der Waals surface area (Å²) in [5.41, 5.74) is 5.32. The fraction of sp³-hybridized carbons (Fsp3) is 0.600. The predicted molar refractivity (Wildman–Crippen MR) is 95.6 cm³/mol. The number of hydrogen-bond acceptors (Lipinski definition) is 7. The minimum Gasteiger partial charge on any atom is -0.480 e. The Bertz CT molecular complexity index is 543. The zero-order valence-corrected chi connectivity index (χ0v) is 15.3. The summed E-state index contributed by atoms with van der Waals surface area (Å²) in [5.74, 6) is -3.74. The van der Waals surface area contributed by atoms with Crippen LogP contribution >= 0.6 is 11.8 Å². The van der Waals surface area contributed by atoms with Gasteiger partial charge in [0.25, 0.3) is 0 Å². The number of carbonyl (C=O) groups is 4. The fourth-order valence-corrected chi connectivity index (χ4v) is 2.58. The number of rotatable bonds is 13. The Morgan fingerprint density at radius 2 is 1.92 bits per heavy atom. The molecule has 148 valence electrons. The molecule has 0 aliphatic heterocycles. The highest BCUT2D eigenvalue weighted by molar-refractivity contribution is 8.00. The molecule has 26 heavy (non-hydrogen) atoms. The molecule has 3 atom stereocenters. The van der Waals surface area contributed by atoms with Crippen molar-refractivity contribution in [1.82, 2.24) is 10.6 Å². The van der Waals surface area contributed by atoms with Crippen LogP contribution in [0.4, 0.5) is 0 Å². The molecule has 7 N–H and O–H groups in total. The number of amides is 2. The third kappa shape index (κ3) is 9.39. The lowest BCUT2D eigenvalue weighted by Gasteiger charge is -2.25. The number of nitrogens with two attached hydrogens (primary N) is 1. The van der Waals surface area contributed by atoms with Crippen molar-refractivity contribution in [3.63, 3.8) is 0 Å². The van der Waals surface area contributed by atoms with E-state index in [2.05, 4.69) is 17.2 Å². The molecule has 0 fully saturated rings. The number of aliphatic hydroxyl groups is 1. The van der Waals surface area contributed by atoms with Gasteiger partial charge in [-0.05, 0) is 13.3 Å². The van der Waals surface area contributed by atoms with E-state index in [9.17, 15) is 24.3 Å². The Morgan fingerprint density at radius 1 is 1.31 bits per heavy atom. The summed E-state index contributed by atoms with van der Waals surface area (Å²) >= 11 is 1.16. The van der Waals surface area contributed by atoms with Crippen LogP contribution in [0, 0.1) is 0 Å². The summed E-state index contributed by atoms with van der Waals surface area (Å²) in [7, 11) is 0. The van der Waals surface area contributed by atoms with Gasteiger partial charge in [-0.25, -0.2) is 0 Å². The molecular formula is C15H25N3O7S. The molecule has 0 spiro atoms. The van der Waals surface area contributed by atoms with E-state index in [0.29, 0.717) is 0 Å². The molecule has 0 bridgehead atoms. The van der Waals surface area contributed by atoms with Crippen LogP contribution in [0.2, 0.25) is 0 Å². The van der Waals surface area contributed by atoms with Crippen molar-refractivity contribution in [2.24, 2.45) is 5.73 Å². The monoisotopic (exact) mass is 391 g/mol. The Hall–Kier alpha value is -2.11. The Kier molecular flexibility index (Phi) is 10.6. The van der Waals surface area contributed by atoms with E-state index in [0.717, 1.165) is 11.8 Å². The minimum absolute atomic E-state index is 0.0469. The van der Waals surface area contributed by atoms with Gasteiger partial charge in [0.2, 0.25) is 11.8 Å². The number of hydrogen-bond donors (Lipinski definition) is 6. The molecule has 0 aliphatic rings. The molecular weight excluding hydrogens is 366 g/mol. The number of thioether (sulfide) groups is 1. The second kappa shape index (κ2) is 11.5. The number of carbonyl (C=O) groups excluding carboxylic acids is 2. The van der Waals surface area contributed by atoms with Crippen LogP contribution < -0.4 is 16.4 Å². The van der Waals surface area contributed by atoms with Crippen LogP contribution in [0.1, 0.15) is 19.8 Å². The lowest BCUT2D eigenvalue weighted by molar-refractivity contribution is -0.139. The van der Waals surface area contributed by atoms with Crippen molar-refractivity contribution in [2.45, 2.75) is 36.6 Å². The zero-order valence-electron chi connectivity index (χ0n) is 14.4. The standard InChI is InChI=1S/C15H25N3O7S/c1-3-15(2,8-19)26-7-10(13(23)17-6-12(21)22)18-11(20)5-4-9(16)14(24)25/h3,9-10,19H,1,4-8,16H2,2H3,(H,17,23)(H,18,20)(H,21,22)(H,24,25)/t9-,10-,15?/m0/s1. The second-order valence-corrected chi connectivity index (χ2v) is 7.26. The average Bonchev–Trinajstić information content (AvgIpc) is 2.60. The van der Waals surface area contributed by atoms with Gasteiger partial charge in [0.05, 0.1) is 11.4 Å². The van der Waals surface area contributed by atoms with Crippen molar-refractivity contribution in [2.75, 3.05) is 18.9 Å². The largest absolute Gasteiger partial charge is 0.480 e. The summed E-state index contributed by atoms with van der Waals surface area (Å²) in [4.78, 5) is 45.3. The molecule has 2 amide bonds. The molecule has 11 heteroatoms. The van der Waals surface area contributed by atoms with Gasteiger partial charge in [-0.3, -0.25) is 19.2 Å². The predicted octanol–water partition coefficient (Wildman–Crippen LogP) is -1.47. The first kappa shape index (κ1) is 23.9. The van der Waals surface area contributed by atoms with Crippen molar-refractivity contribution in [1.29, 1.82) is 0 Å². The Balaban J connectivity index is 4.88. The average molecular weight is 391 g/mol. The molecule has 10 nitrogen and oxygen atoms in total. The van der Waals surface area contributed by atoms with Crippen molar-refractivity contribution in [3.05, 3.63) is 12.7 Å². The summed E-state index contributed by atoms with van der Waals surface area (Å²) in [6.45, 7) is 4.42. The van der Waals surface area contributed by atoms with Crippen molar-refractivity contribution >= 4 is 35.5 Å². The summed E-state index contributed by atoms with van der Waals surface area (Å²) < 4.78 is -0.748. The van der Waals surface area contributed by atoms with Gasteiger partial charge in [-0.2, -0.15) is 0 Å². The summed E-state index contributed by atoms with van der Waals surface area (Å²) in [5, 5.41) is 31.3. The second-order valence-electron chi connectivity index (χ2n) is 5.70. The number of aliphatic hydroxyl groups excluding tert-OH is 1. The van der Waals surface area contributed by atoms with Gasteiger partial charge in [0.1, 0.15) is 18.6 Å².